The Labute approximate surface area is 192 Å². The van der Waals surface area contributed by atoms with Crippen molar-refractivity contribution in [2.45, 2.75) is 12.7 Å². The molecule has 2 aliphatic heterocycles. The Hall–Kier alpha value is -3.91. The largest absolute Gasteiger partial charge is 0.363 e. The quantitative estimate of drug-likeness (QED) is 0.461. The highest BCUT2D eigenvalue weighted by atomic mass is 16.6. The van der Waals surface area contributed by atoms with Crippen LogP contribution in [0.2, 0.25) is 0 Å². The molecule has 1 saturated heterocycles. The molecule has 2 aliphatic rings. The zero-order chi connectivity index (χ0) is 22.8. The molecular weight excluding hydrogens is 418 g/mol. The van der Waals surface area contributed by atoms with E-state index in [2.05, 4.69) is 32.6 Å². The zero-order valence-electron chi connectivity index (χ0n) is 18.1. The Kier molecular flexibility index (Phi) is 5.66. The molecule has 0 aromatic heterocycles. The maximum Gasteiger partial charge on any atom is 0.292 e. The molecule has 33 heavy (non-hydrogen) atoms. The third kappa shape index (κ3) is 4.38. The van der Waals surface area contributed by atoms with Gasteiger partial charge >= 0.3 is 0 Å². The molecule has 8 heteroatoms. The van der Waals surface area contributed by atoms with Crippen molar-refractivity contribution >= 4 is 23.0 Å². The number of nitro benzene ring substituents is 1. The van der Waals surface area contributed by atoms with Gasteiger partial charge in [0.1, 0.15) is 11.9 Å². The number of carbonyl (C=O) groups excluding carboxylic acids is 1. The zero-order valence-corrected chi connectivity index (χ0v) is 18.1. The monoisotopic (exact) mass is 443 g/mol. The van der Waals surface area contributed by atoms with E-state index in [0.29, 0.717) is 22.5 Å². The van der Waals surface area contributed by atoms with E-state index in [1.807, 2.05) is 36.4 Å². The van der Waals surface area contributed by atoms with E-state index in [0.717, 1.165) is 32.7 Å². The lowest BCUT2D eigenvalue weighted by Crippen LogP contribution is -2.46. The third-order valence-corrected chi connectivity index (χ3v) is 6.24. The summed E-state index contributed by atoms with van der Waals surface area (Å²) in [6.07, 6.45) is -0.525. The van der Waals surface area contributed by atoms with Gasteiger partial charge in [0.25, 0.3) is 11.6 Å². The first-order valence-corrected chi connectivity index (χ1v) is 11.0. The average molecular weight is 444 g/mol. The highest BCUT2D eigenvalue weighted by Crippen LogP contribution is 2.34. The summed E-state index contributed by atoms with van der Waals surface area (Å²) in [6.45, 7) is 4.00. The van der Waals surface area contributed by atoms with Crippen LogP contribution in [0.1, 0.15) is 27.7 Å². The number of anilines is 2. The summed E-state index contributed by atoms with van der Waals surface area (Å²) in [6, 6.07) is 22.8. The van der Waals surface area contributed by atoms with Crippen LogP contribution in [0.25, 0.3) is 0 Å². The van der Waals surface area contributed by atoms with Crippen LogP contribution in [0.3, 0.4) is 0 Å². The van der Waals surface area contributed by atoms with E-state index in [1.165, 1.54) is 5.56 Å². The Morgan fingerprint density at radius 2 is 1.64 bits per heavy atom. The highest BCUT2D eigenvalue weighted by molar-refractivity contribution is 6.01. The van der Waals surface area contributed by atoms with Crippen molar-refractivity contribution in [2.24, 2.45) is 0 Å². The number of nitrogens with zero attached hydrogens (tertiary/aromatic N) is 3. The van der Waals surface area contributed by atoms with Gasteiger partial charge in [0.15, 0.2) is 0 Å². The number of nitrogens with one attached hydrogen (secondary N) is 2. The van der Waals surface area contributed by atoms with Crippen molar-refractivity contribution in [3.63, 3.8) is 0 Å². The fourth-order valence-electron chi connectivity index (χ4n) is 4.50. The number of nitro groups is 1. The molecule has 0 spiro atoms. The second-order valence-corrected chi connectivity index (χ2v) is 8.35. The van der Waals surface area contributed by atoms with Crippen molar-refractivity contribution in [2.75, 3.05) is 36.4 Å². The number of hydrogen-bond acceptors (Lipinski definition) is 6. The smallest absolute Gasteiger partial charge is 0.292 e. The first kappa shape index (κ1) is 21.0. The lowest BCUT2D eigenvalue weighted by molar-refractivity contribution is -0.384. The molecule has 1 amide bonds. The molecule has 0 aliphatic carbocycles. The number of amides is 1. The summed E-state index contributed by atoms with van der Waals surface area (Å²) in [5, 5.41) is 18.1. The van der Waals surface area contributed by atoms with E-state index in [4.69, 9.17) is 0 Å². The van der Waals surface area contributed by atoms with Gasteiger partial charge in [0.05, 0.1) is 10.5 Å². The van der Waals surface area contributed by atoms with E-state index < -0.39 is 6.17 Å². The lowest BCUT2D eigenvalue weighted by Gasteiger charge is -2.36. The van der Waals surface area contributed by atoms with Crippen LogP contribution in [0.4, 0.5) is 17.1 Å². The summed E-state index contributed by atoms with van der Waals surface area (Å²) in [5.41, 5.74) is 3.87. The first-order valence-electron chi connectivity index (χ1n) is 11.0. The Morgan fingerprint density at radius 3 is 2.39 bits per heavy atom. The summed E-state index contributed by atoms with van der Waals surface area (Å²) >= 11 is 0. The number of benzene rings is 3. The fraction of sp³-hybridized carbons (Fsp3) is 0.240. The van der Waals surface area contributed by atoms with Gasteiger partial charge in [-0.25, -0.2) is 0 Å². The van der Waals surface area contributed by atoms with Crippen LogP contribution in [0.5, 0.6) is 0 Å². The van der Waals surface area contributed by atoms with E-state index >= 15 is 0 Å². The molecule has 2 heterocycles. The van der Waals surface area contributed by atoms with Crippen molar-refractivity contribution in [3.05, 3.63) is 99.6 Å². The molecule has 0 bridgehead atoms. The van der Waals surface area contributed by atoms with Crippen LogP contribution >= 0.6 is 0 Å². The molecule has 0 radical (unpaired) electrons. The molecular formula is C25H25N5O3. The minimum atomic E-state index is -0.525. The van der Waals surface area contributed by atoms with Gasteiger partial charge in [0.2, 0.25) is 0 Å². The number of carbonyl (C=O) groups is 1. The predicted molar refractivity (Wildman–Crippen MR) is 127 cm³/mol. The predicted octanol–water partition coefficient (Wildman–Crippen LogP) is 3.77. The SMILES string of the molecule is O=C1NC(c2ccc(N3CCN(Cc4ccccc4)CC3)c([N+](=O)[O-])c2)Nc2ccccc21. The van der Waals surface area contributed by atoms with Crippen molar-refractivity contribution in [3.8, 4) is 0 Å². The standard InChI is InChI=1S/C25H25N5O3/c31-25-20-8-4-5-9-21(20)26-24(27-25)19-10-11-22(23(16-19)30(32)33)29-14-12-28(13-15-29)17-18-6-2-1-3-7-18/h1-11,16,24,26H,12-15,17H2,(H,27,31). The molecule has 8 nitrogen and oxygen atoms in total. The van der Waals surface area contributed by atoms with Gasteiger partial charge in [-0.1, -0.05) is 48.5 Å². The van der Waals surface area contributed by atoms with E-state index in [1.54, 1.807) is 24.3 Å². The lowest BCUT2D eigenvalue weighted by atomic mass is 10.0. The van der Waals surface area contributed by atoms with Crippen molar-refractivity contribution in [1.82, 2.24) is 10.2 Å². The van der Waals surface area contributed by atoms with Crippen LogP contribution in [0.15, 0.2) is 72.8 Å². The summed E-state index contributed by atoms with van der Waals surface area (Å²) in [4.78, 5) is 28.5. The normalized spacial score (nSPS) is 18.2. The van der Waals surface area contributed by atoms with Crippen molar-refractivity contribution < 1.29 is 9.72 Å². The topological polar surface area (TPSA) is 90.8 Å². The number of para-hydroxylation sites is 1. The van der Waals surface area contributed by atoms with Crippen LogP contribution in [0, 0.1) is 10.1 Å². The minimum Gasteiger partial charge on any atom is -0.363 e. The van der Waals surface area contributed by atoms with E-state index in [-0.39, 0.29) is 16.5 Å². The molecule has 3 aromatic rings. The molecule has 168 valence electrons. The molecule has 1 fully saturated rings. The summed E-state index contributed by atoms with van der Waals surface area (Å²) in [7, 11) is 0. The first-order chi connectivity index (χ1) is 16.1. The maximum absolute atomic E-state index is 12.5. The number of piperazine rings is 1. The van der Waals surface area contributed by atoms with Gasteiger partial charge < -0.3 is 15.5 Å². The van der Waals surface area contributed by atoms with Crippen molar-refractivity contribution in [1.29, 1.82) is 0 Å². The second kappa shape index (κ2) is 8.91. The Morgan fingerprint density at radius 1 is 0.909 bits per heavy atom. The van der Waals surface area contributed by atoms with Crippen LogP contribution in [-0.4, -0.2) is 41.9 Å². The maximum atomic E-state index is 12.5. The molecule has 3 aromatic carbocycles. The number of hydrogen-bond donors (Lipinski definition) is 2. The van der Waals surface area contributed by atoms with Gasteiger partial charge in [-0.2, -0.15) is 0 Å². The van der Waals surface area contributed by atoms with Crippen LogP contribution < -0.4 is 15.5 Å². The summed E-state index contributed by atoms with van der Waals surface area (Å²) < 4.78 is 0. The molecule has 0 saturated carbocycles. The molecule has 5 rings (SSSR count). The van der Waals surface area contributed by atoms with Gasteiger partial charge in [-0.15, -0.1) is 0 Å². The minimum absolute atomic E-state index is 0.0546. The Bertz CT molecular complexity index is 1180. The highest BCUT2D eigenvalue weighted by Gasteiger charge is 2.28. The average Bonchev–Trinajstić information content (AvgIpc) is 2.85. The molecule has 2 N–H and O–H groups in total. The molecule has 1 atom stereocenters. The van der Waals surface area contributed by atoms with Gasteiger partial charge in [-0.3, -0.25) is 19.8 Å². The number of rotatable bonds is 5. The second-order valence-electron chi connectivity index (χ2n) is 8.35. The van der Waals surface area contributed by atoms with E-state index in [9.17, 15) is 14.9 Å². The van der Waals surface area contributed by atoms with Gasteiger partial charge in [-0.05, 0) is 23.8 Å². The number of fused-ring (bicyclic) bond motifs is 1. The third-order valence-electron chi connectivity index (χ3n) is 6.24. The summed E-state index contributed by atoms with van der Waals surface area (Å²) in [5.74, 6) is -0.199. The molecule has 1 unspecified atom stereocenters. The fourth-order valence-corrected chi connectivity index (χ4v) is 4.50. The van der Waals surface area contributed by atoms with Crippen LogP contribution in [-0.2, 0) is 6.54 Å². The Balaban J connectivity index is 1.32. The van der Waals surface area contributed by atoms with Gasteiger partial charge in [0, 0.05) is 50.0 Å².